The lowest BCUT2D eigenvalue weighted by Gasteiger charge is -1.86. The van der Waals surface area contributed by atoms with Gasteiger partial charge in [-0.25, -0.2) is 4.98 Å². The molecule has 1 rings (SSSR count). The van der Waals surface area contributed by atoms with E-state index < -0.39 is 0 Å². The first-order valence-electron chi connectivity index (χ1n) is 3.98. The normalized spacial score (nSPS) is 9.17. The van der Waals surface area contributed by atoms with Gasteiger partial charge in [0.1, 0.15) is 11.5 Å². The molecule has 0 bridgehead atoms. The van der Waals surface area contributed by atoms with Gasteiger partial charge in [-0.15, -0.1) is 0 Å². The van der Waals surface area contributed by atoms with Crippen molar-refractivity contribution in [1.29, 1.82) is 0 Å². The highest BCUT2D eigenvalue weighted by atomic mass is 14.9. The molecule has 3 heteroatoms. The number of rotatable bonds is 2. The Bertz CT molecular complexity index is 290. The third kappa shape index (κ3) is 2.77. The molecule has 2 N–H and O–H groups in total. The van der Waals surface area contributed by atoms with Crippen LogP contribution >= 0.6 is 0 Å². The molecule has 12 heavy (non-hydrogen) atoms. The number of hydrogen-bond acceptors (Lipinski definition) is 2. The first kappa shape index (κ1) is 8.82. The molecule has 0 saturated carbocycles. The number of imidazole rings is 1. The summed E-state index contributed by atoms with van der Waals surface area (Å²) in [6.07, 6.45) is 2.62. The zero-order chi connectivity index (χ0) is 8.81. The molecule has 64 valence electrons. The van der Waals surface area contributed by atoms with Crippen LogP contribution in [0.3, 0.4) is 0 Å². The molecular weight excluding hydrogens is 150 g/mol. The number of H-pyrrole nitrogens is 1. The van der Waals surface area contributed by atoms with Gasteiger partial charge in [0.15, 0.2) is 0 Å². The third-order valence-electron chi connectivity index (χ3n) is 1.43. The van der Waals surface area contributed by atoms with Gasteiger partial charge in [-0.2, -0.15) is 0 Å². The van der Waals surface area contributed by atoms with Crippen molar-refractivity contribution < 1.29 is 0 Å². The van der Waals surface area contributed by atoms with Crippen molar-refractivity contribution in [2.24, 2.45) is 0 Å². The zero-order valence-electron chi connectivity index (χ0n) is 7.44. The van der Waals surface area contributed by atoms with Gasteiger partial charge < -0.3 is 10.3 Å². The topological polar surface area (TPSA) is 40.7 Å². The summed E-state index contributed by atoms with van der Waals surface area (Å²) in [6.45, 7) is 2.85. The molecule has 0 atom stereocenters. The van der Waals surface area contributed by atoms with E-state index in [1.54, 1.807) is 6.20 Å². The number of nitrogens with zero attached hydrogens (tertiary/aromatic N) is 1. The van der Waals surface area contributed by atoms with Gasteiger partial charge in [-0.1, -0.05) is 5.92 Å². The maximum atomic E-state index is 4.04. The average Bonchev–Trinajstić information content (AvgIpc) is 2.45. The second-order valence-electron chi connectivity index (χ2n) is 2.54. The van der Waals surface area contributed by atoms with Crippen LogP contribution in [0.15, 0.2) is 6.20 Å². The average molecular weight is 163 g/mol. The van der Waals surface area contributed by atoms with Gasteiger partial charge >= 0.3 is 0 Å². The summed E-state index contributed by atoms with van der Waals surface area (Å²) in [4.78, 5) is 7.09. The first-order chi connectivity index (χ1) is 5.83. The summed E-state index contributed by atoms with van der Waals surface area (Å²) >= 11 is 0. The molecule has 0 aliphatic carbocycles. The van der Waals surface area contributed by atoms with Gasteiger partial charge in [0.2, 0.25) is 0 Å². The molecule has 3 nitrogen and oxygen atoms in total. The van der Waals surface area contributed by atoms with E-state index in [1.165, 1.54) is 0 Å². The number of hydrogen-bond donors (Lipinski definition) is 2. The third-order valence-corrected chi connectivity index (χ3v) is 1.43. The van der Waals surface area contributed by atoms with E-state index in [0.29, 0.717) is 0 Å². The number of aryl methyl sites for hydroxylation is 1. The van der Waals surface area contributed by atoms with E-state index in [4.69, 9.17) is 0 Å². The Morgan fingerprint density at radius 2 is 2.50 bits per heavy atom. The standard InChI is InChI=1S/C9H13N3/c1-8-11-7-9(12-8)5-3-4-6-10-2/h7,10H,4,6H2,1-2H3,(H,11,12). The molecule has 1 heterocycles. The highest BCUT2D eigenvalue weighted by molar-refractivity contribution is 5.25. The van der Waals surface area contributed by atoms with Gasteiger partial charge in [0, 0.05) is 13.0 Å². The fourth-order valence-electron chi connectivity index (χ4n) is 0.830. The van der Waals surface area contributed by atoms with Crippen molar-refractivity contribution in [3.63, 3.8) is 0 Å². The molecule has 0 aromatic carbocycles. The highest BCUT2D eigenvalue weighted by Gasteiger charge is 1.88. The number of nitrogens with one attached hydrogen (secondary N) is 2. The van der Waals surface area contributed by atoms with Crippen LogP contribution in [0.25, 0.3) is 0 Å². The molecule has 1 aromatic heterocycles. The molecule has 0 fully saturated rings. The minimum atomic E-state index is 0.870. The van der Waals surface area contributed by atoms with E-state index >= 15 is 0 Å². The predicted molar refractivity (Wildman–Crippen MR) is 48.7 cm³/mol. The Kier molecular flexibility index (Phi) is 3.36. The second kappa shape index (κ2) is 4.58. The van der Waals surface area contributed by atoms with Crippen molar-refractivity contribution in [1.82, 2.24) is 15.3 Å². The van der Waals surface area contributed by atoms with Crippen LogP contribution in [-0.4, -0.2) is 23.6 Å². The maximum absolute atomic E-state index is 4.04. The van der Waals surface area contributed by atoms with E-state index in [2.05, 4.69) is 27.1 Å². The molecule has 0 radical (unpaired) electrons. The van der Waals surface area contributed by atoms with E-state index in [9.17, 15) is 0 Å². The SMILES string of the molecule is CNCCC#Cc1cnc(C)[nH]1. The number of aromatic nitrogens is 2. The largest absolute Gasteiger partial charge is 0.336 e. The molecule has 0 saturated heterocycles. The van der Waals surface area contributed by atoms with Crippen LogP contribution in [0.4, 0.5) is 0 Å². The van der Waals surface area contributed by atoms with E-state index in [-0.39, 0.29) is 0 Å². The van der Waals surface area contributed by atoms with Gasteiger partial charge in [-0.05, 0) is 19.9 Å². The van der Waals surface area contributed by atoms with Crippen molar-refractivity contribution in [3.05, 3.63) is 17.7 Å². The minimum absolute atomic E-state index is 0.870. The van der Waals surface area contributed by atoms with Crippen molar-refractivity contribution in [2.45, 2.75) is 13.3 Å². The lowest BCUT2D eigenvalue weighted by molar-refractivity contribution is 0.818. The van der Waals surface area contributed by atoms with E-state index in [1.807, 2.05) is 14.0 Å². The lowest BCUT2D eigenvalue weighted by atomic mass is 10.4. The zero-order valence-corrected chi connectivity index (χ0v) is 7.44. The lowest BCUT2D eigenvalue weighted by Crippen LogP contribution is -2.05. The fourth-order valence-corrected chi connectivity index (χ4v) is 0.830. The highest BCUT2D eigenvalue weighted by Crippen LogP contribution is 1.91. The van der Waals surface area contributed by atoms with Crippen molar-refractivity contribution >= 4 is 0 Å². The van der Waals surface area contributed by atoms with Crippen LogP contribution in [0.2, 0.25) is 0 Å². The second-order valence-corrected chi connectivity index (χ2v) is 2.54. The summed E-state index contributed by atoms with van der Waals surface area (Å²) in [5.41, 5.74) is 0.892. The molecule has 0 aliphatic heterocycles. The maximum Gasteiger partial charge on any atom is 0.109 e. The van der Waals surface area contributed by atoms with E-state index in [0.717, 1.165) is 24.5 Å². The predicted octanol–water partition coefficient (Wildman–Crippen LogP) is 0.679. The molecule has 0 amide bonds. The summed E-state index contributed by atoms with van der Waals surface area (Å²) in [5.74, 6) is 6.93. The molecule has 0 unspecified atom stereocenters. The van der Waals surface area contributed by atoms with Crippen molar-refractivity contribution in [3.8, 4) is 11.8 Å². The smallest absolute Gasteiger partial charge is 0.109 e. The molecule has 1 aromatic rings. The summed E-state index contributed by atoms with van der Waals surface area (Å²) in [6, 6.07) is 0. The number of aromatic amines is 1. The van der Waals surface area contributed by atoms with Gasteiger partial charge in [-0.3, -0.25) is 0 Å². The summed E-state index contributed by atoms with van der Waals surface area (Å²) < 4.78 is 0. The molecule has 0 aliphatic rings. The van der Waals surface area contributed by atoms with Gasteiger partial charge in [0.25, 0.3) is 0 Å². The Morgan fingerprint density at radius 3 is 3.08 bits per heavy atom. The Hall–Kier alpha value is -1.27. The van der Waals surface area contributed by atoms with Crippen LogP contribution < -0.4 is 5.32 Å². The summed E-state index contributed by atoms with van der Waals surface area (Å²) in [7, 11) is 1.92. The minimum Gasteiger partial charge on any atom is -0.336 e. The summed E-state index contributed by atoms with van der Waals surface area (Å²) in [5, 5.41) is 3.03. The Labute approximate surface area is 72.6 Å². The van der Waals surface area contributed by atoms with Crippen LogP contribution in [0, 0.1) is 18.8 Å². The van der Waals surface area contributed by atoms with Crippen molar-refractivity contribution in [2.75, 3.05) is 13.6 Å². The van der Waals surface area contributed by atoms with Crippen LogP contribution in [0.5, 0.6) is 0 Å². The fraction of sp³-hybridized carbons (Fsp3) is 0.444. The first-order valence-corrected chi connectivity index (χ1v) is 3.98. The van der Waals surface area contributed by atoms with Gasteiger partial charge in [0.05, 0.1) is 6.20 Å². The molecular formula is C9H13N3. The Balaban J connectivity index is 2.43. The molecule has 0 spiro atoms. The monoisotopic (exact) mass is 163 g/mol. The van der Waals surface area contributed by atoms with Crippen LogP contribution in [-0.2, 0) is 0 Å². The quantitative estimate of drug-likeness (QED) is 0.497. The van der Waals surface area contributed by atoms with Crippen LogP contribution in [0.1, 0.15) is 17.9 Å². The Morgan fingerprint density at radius 1 is 1.67 bits per heavy atom.